The van der Waals surface area contributed by atoms with Crippen molar-refractivity contribution >= 4 is 5.78 Å². The van der Waals surface area contributed by atoms with Crippen molar-refractivity contribution < 1.29 is 4.79 Å². The van der Waals surface area contributed by atoms with Gasteiger partial charge in [0.25, 0.3) is 0 Å². The molecule has 13 heavy (non-hydrogen) atoms. The van der Waals surface area contributed by atoms with E-state index < -0.39 is 0 Å². The number of allylic oxidation sites excluding steroid dienone is 2. The van der Waals surface area contributed by atoms with Gasteiger partial charge in [-0.15, -0.1) is 0 Å². The van der Waals surface area contributed by atoms with Gasteiger partial charge < -0.3 is 0 Å². The fraction of sp³-hybridized carbons (Fsp3) is 0.750. The summed E-state index contributed by atoms with van der Waals surface area (Å²) in [4.78, 5) is 11.4. The van der Waals surface area contributed by atoms with Crippen molar-refractivity contribution in [1.82, 2.24) is 0 Å². The Balaban J connectivity index is 2.09. The Morgan fingerprint density at radius 1 is 1.46 bits per heavy atom. The molecule has 0 heterocycles. The van der Waals surface area contributed by atoms with Gasteiger partial charge in [-0.3, -0.25) is 4.79 Å². The van der Waals surface area contributed by atoms with Gasteiger partial charge >= 0.3 is 0 Å². The molecule has 1 nitrogen and oxygen atoms in total. The first-order chi connectivity index (χ1) is 6.05. The Morgan fingerprint density at radius 2 is 2.23 bits per heavy atom. The normalized spacial score (nSPS) is 52.6. The lowest BCUT2D eigenvalue weighted by Crippen LogP contribution is -2.26. The molecular formula is C12H16O. The van der Waals surface area contributed by atoms with E-state index in [0.717, 1.165) is 12.3 Å². The Labute approximate surface area is 79.2 Å². The second kappa shape index (κ2) is 1.92. The first-order valence-corrected chi connectivity index (χ1v) is 5.30. The van der Waals surface area contributed by atoms with Gasteiger partial charge in [0.05, 0.1) is 0 Å². The molecule has 70 valence electrons. The van der Waals surface area contributed by atoms with Crippen LogP contribution in [0.15, 0.2) is 11.6 Å². The summed E-state index contributed by atoms with van der Waals surface area (Å²) in [5.41, 5.74) is 2.17. The van der Waals surface area contributed by atoms with Gasteiger partial charge in [0, 0.05) is 6.42 Å². The highest BCUT2D eigenvalue weighted by Crippen LogP contribution is 2.70. The topological polar surface area (TPSA) is 17.1 Å². The van der Waals surface area contributed by atoms with Crippen molar-refractivity contribution in [3.05, 3.63) is 11.6 Å². The maximum Gasteiger partial charge on any atom is 0.156 e. The molecule has 3 unspecified atom stereocenters. The summed E-state index contributed by atoms with van der Waals surface area (Å²) in [6, 6.07) is 0. The Kier molecular flexibility index (Phi) is 1.15. The van der Waals surface area contributed by atoms with Crippen LogP contribution in [0.5, 0.6) is 0 Å². The Morgan fingerprint density at radius 3 is 3.00 bits per heavy atom. The molecule has 0 aliphatic heterocycles. The number of rotatable bonds is 0. The number of carbonyl (C=O) groups is 1. The molecule has 3 aliphatic carbocycles. The highest BCUT2D eigenvalue weighted by molar-refractivity contribution is 5.95. The minimum absolute atomic E-state index is 0.249. The lowest BCUT2D eigenvalue weighted by molar-refractivity contribution is -0.115. The molecule has 0 aromatic rings. The van der Waals surface area contributed by atoms with Crippen molar-refractivity contribution in [3.63, 3.8) is 0 Å². The van der Waals surface area contributed by atoms with Gasteiger partial charge in [0.2, 0.25) is 0 Å². The van der Waals surface area contributed by atoms with Gasteiger partial charge in [-0.2, -0.15) is 0 Å². The molecule has 1 heteroatoms. The van der Waals surface area contributed by atoms with Crippen molar-refractivity contribution in [3.8, 4) is 0 Å². The molecule has 2 fully saturated rings. The van der Waals surface area contributed by atoms with Crippen LogP contribution in [-0.4, -0.2) is 5.78 Å². The van der Waals surface area contributed by atoms with Gasteiger partial charge in [0.15, 0.2) is 5.78 Å². The van der Waals surface area contributed by atoms with Gasteiger partial charge in [-0.25, -0.2) is 0 Å². The lowest BCUT2D eigenvalue weighted by Gasteiger charge is -2.36. The van der Waals surface area contributed by atoms with Crippen molar-refractivity contribution in [2.45, 2.75) is 39.5 Å². The van der Waals surface area contributed by atoms with Crippen molar-refractivity contribution in [2.75, 3.05) is 0 Å². The molecule has 0 bridgehead atoms. The zero-order valence-corrected chi connectivity index (χ0v) is 8.39. The van der Waals surface area contributed by atoms with E-state index in [1.54, 1.807) is 0 Å². The van der Waals surface area contributed by atoms with Crippen LogP contribution in [0.3, 0.4) is 0 Å². The van der Waals surface area contributed by atoms with E-state index in [4.69, 9.17) is 0 Å². The molecule has 0 N–H and O–H groups in total. The molecule has 0 saturated heterocycles. The molecule has 3 atom stereocenters. The van der Waals surface area contributed by atoms with Crippen LogP contribution in [0.2, 0.25) is 0 Å². The van der Waals surface area contributed by atoms with Crippen LogP contribution in [0, 0.1) is 16.7 Å². The Bertz CT molecular complexity index is 328. The maximum atomic E-state index is 11.4. The molecular weight excluding hydrogens is 160 g/mol. The van der Waals surface area contributed by atoms with E-state index in [1.807, 2.05) is 6.08 Å². The molecule has 0 amide bonds. The van der Waals surface area contributed by atoms with E-state index >= 15 is 0 Å². The number of ketones is 1. The molecule has 0 aromatic heterocycles. The minimum atomic E-state index is 0.249. The number of fused-ring (bicyclic) bond motifs is 3. The molecule has 0 aromatic carbocycles. The zero-order valence-electron chi connectivity index (χ0n) is 8.39. The summed E-state index contributed by atoms with van der Waals surface area (Å²) in [6.45, 7) is 4.63. The first kappa shape index (κ1) is 7.78. The second-order valence-electron chi connectivity index (χ2n) is 5.62. The van der Waals surface area contributed by atoms with E-state index in [-0.39, 0.29) is 5.41 Å². The summed E-state index contributed by atoms with van der Waals surface area (Å²) in [7, 11) is 0. The van der Waals surface area contributed by atoms with Crippen molar-refractivity contribution in [2.24, 2.45) is 16.7 Å². The van der Waals surface area contributed by atoms with E-state index in [9.17, 15) is 4.79 Å². The maximum absolute atomic E-state index is 11.4. The van der Waals surface area contributed by atoms with E-state index in [0.29, 0.717) is 11.2 Å². The van der Waals surface area contributed by atoms with E-state index in [2.05, 4.69) is 13.8 Å². The standard InChI is InChI=1S/C12H16O/c1-11-4-3-8-6-12(8,2)10(11)5-9(13)7-11/h5,8H,3-4,6-7H2,1-2H3. The SMILES string of the molecule is CC12CCC3CC3(C)C1=CC(=O)C2. The van der Waals surface area contributed by atoms with Crippen LogP contribution in [0.4, 0.5) is 0 Å². The molecule has 0 spiro atoms. The third-order valence-electron chi connectivity index (χ3n) is 4.59. The van der Waals surface area contributed by atoms with Crippen LogP contribution < -0.4 is 0 Å². The molecule has 0 radical (unpaired) electrons. The summed E-state index contributed by atoms with van der Waals surface area (Å²) < 4.78 is 0. The van der Waals surface area contributed by atoms with Gasteiger partial charge in [-0.1, -0.05) is 19.4 Å². The van der Waals surface area contributed by atoms with Crippen LogP contribution in [0.25, 0.3) is 0 Å². The highest BCUT2D eigenvalue weighted by atomic mass is 16.1. The second-order valence-corrected chi connectivity index (χ2v) is 5.62. The predicted octanol–water partition coefficient (Wildman–Crippen LogP) is 2.71. The average molecular weight is 176 g/mol. The summed E-state index contributed by atoms with van der Waals surface area (Å²) in [5, 5.41) is 0. The van der Waals surface area contributed by atoms with Crippen LogP contribution in [0.1, 0.15) is 39.5 Å². The quantitative estimate of drug-likeness (QED) is 0.554. The third kappa shape index (κ3) is 0.806. The number of carbonyl (C=O) groups excluding carboxylic acids is 1. The average Bonchev–Trinajstić information content (AvgIpc) is 2.60. The van der Waals surface area contributed by atoms with E-state index in [1.165, 1.54) is 24.8 Å². The number of hydrogen-bond acceptors (Lipinski definition) is 1. The fourth-order valence-corrected chi connectivity index (χ4v) is 3.64. The number of hydrogen-bond donors (Lipinski definition) is 0. The lowest BCUT2D eigenvalue weighted by atomic mass is 9.68. The van der Waals surface area contributed by atoms with Gasteiger partial charge in [-0.05, 0) is 42.1 Å². The predicted molar refractivity (Wildman–Crippen MR) is 51.3 cm³/mol. The molecule has 2 saturated carbocycles. The zero-order chi connectivity index (χ0) is 9.27. The first-order valence-electron chi connectivity index (χ1n) is 5.30. The van der Waals surface area contributed by atoms with Crippen molar-refractivity contribution in [1.29, 1.82) is 0 Å². The van der Waals surface area contributed by atoms with Gasteiger partial charge in [0.1, 0.15) is 0 Å². The van der Waals surface area contributed by atoms with Crippen LogP contribution in [-0.2, 0) is 4.79 Å². The summed E-state index contributed by atoms with van der Waals surface area (Å²) >= 11 is 0. The monoisotopic (exact) mass is 176 g/mol. The minimum Gasteiger partial charge on any atom is -0.295 e. The summed E-state index contributed by atoms with van der Waals surface area (Å²) in [5.74, 6) is 1.27. The summed E-state index contributed by atoms with van der Waals surface area (Å²) in [6.07, 6.45) is 6.66. The molecule has 3 aliphatic rings. The fourth-order valence-electron chi connectivity index (χ4n) is 3.64. The third-order valence-corrected chi connectivity index (χ3v) is 4.59. The molecule has 3 rings (SSSR count). The largest absolute Gasteiger partial charge is 0.295 e. The van der Waals surface area contributed by atoms with Crippen LogP contribution >= 0.6 is 0 Å². The highest BCUT2D eigenvalue weighted by Gasteiger charge is 2.61. The smallest absolute Gasteiger partial charge is 0.156 e. The Hall–Kier alpha value is -0.590.